The van der Waals surface area contributed by atoms with E-state index in [0.717, 1.165) is 0 Å². The summed E-state index contributed by atoms with van der Waals surface area (Å²) in [6, 6.07) is 16.3. The van der Waals surface area contributed by atoms with Crippen LogP contribution in [-0.2, 0) is 9.53 Å². The number of amides is 1. The number of aliphatic carboxylic acids is 1. The number of hydrogen-bond donors (Lipinski definition) is 2. The van der Waals surface area contributed by atoms with Crippen molar-refractivity contribution in [1.29, 1.82) is 0 Å². The number of carbonyl (C=O) groups excluding carboxylic acids is 1. The van der Waals surface area contributed by atoms with E-state index in [0.29, 0.717) is 12.8 Å². The van der Waals surface area contributed by atoms with Crippen LogP contribution in [0.25, 0.3) is 11.1 Å². The molecule has 1 aliphatic rings. The zero-order valence-corrected chi connectivity index (χ0v) is 16.4. The van der Waals surface area contributed by atoms with Crippen LogP contribution in [0.5, 0.6) is 0 Å². The standard InChI is InChI=1S/C23H27NO4/c1-15(2)21(12-7-13-22(25)26)24-23(27)28-14-20-18-10-5-3-8-16(18)17-9-4-6-11-19(17)20/h3-6,8-11,15,20-21H,7,12-14H2,1-2H3,(H,24,27)(H,25,26). The van der Waals surface area contributed by atoms with Gasteiger partial charge in [-0.15, -0.1) is 0 Å². The molecule has 1 atom stereocenters. The Labute approximate surface area is 165 Å². The smallest absolute Gasteiger partial charge is 0.407 e. The van der Waals surface area contributed by atoms with Gasteiger partial charge in [-0.25, -0.2) is 4.79 Å². The normalized spacial score (nSPS) is 13.7. The summed E-state index contributed by atoms with van der Waals surface area (Å²) in [6.07, 6.45) is 0.807. The number of carbonyl (C=O) groups is 2. The Kier molecular flexibility index (Phi) is 6.34. The first kappa shape index (κ1) is 19.9. The fourth-order valence-corrected chi connectivity index (χ4v) is 3.84. The van der Waals surface area contributed by atoms with Crippen molar-refractivity contribution < 1.29 is 19.4 Å². The SMILES string of the molecule is CC(C)C(CCCC(=O)O)NC(=O)OCC1c2ccccc2-c2ccccc21. The fraction of sp³-hybridized carbons (Fsp3) is 0.391. The molecule has 0 heterocycles. The van der Waals surface area contributed by atoms with Crippen LogP contribution in [0.15, 0.2) is 48.5 Å². The minimum Gasteiger partial charge on any atom is -0.481 e. The van der Waals surface area contributed by atoms with Gasteiger partial charge in [0.1, 0.15) is 6.61 Å². The summed E-state index contributed by atoms with van der Waals surface area (Å²) < 4.78 is 5.58. The highest BCUT2D eigenvalue weighted by Crippen LogP contribution is 2.44. The van der Waals surface area contributed by atoms with Gasteiger partial charge in [0.05, 0.1) is 0 Å². The zero-order valence-electron chi connectivity index (χ0n) is 16.4. The van der Waals surface area contributed by atoms with Crippen molar-refractivity contribution in [1.82, 2.24) is 5.32 Å². The highest BCUT2D eigenvalue weighted by atomic mass is 16.5. The number of nitrogens with one attached hydrogen (secondary N) is 1. The lowest BCUT2D eigenvalue weighted by atomic mass is 9.98. The van der Waals surface area contributed by atoms with Gasteiger partial charge in [-0.1, -0.05) is 62.4 Å². The van der Waals surface area contributed by atoms with E-state index in [1.54, 1.807) is 0 Å². The van der Waals surface area contributed by atoms with Crippen molar-refractivity contribution in [2.75, 3.05) is 6.61 Å². The fourth-order valence-electron chi connectivity index (χ4n) is 3.84. The summed E-state index contributed by atoms with van der Waals surface area (Å²) in [7, 11) is 0. The van der Waals surface area contributed by atoms with E-state index >= 15 is 0 Å². The quantitative estimate of drug-likeness (QED) is 0.688. The van der Waals surface area contributed by atoms with Crippen LogP contribution in [0.4, 0.5) is 4.79 Å². The summed E-state index contributed by atoms with van der Waals surface area (Å²) in [5, 5.41) is 11.7. The first-order valence-electron chi connectivity index (χ1n) is 9.80. The van der Waals surface area contributed by atoms with Gasteiger partial charge < -0.3 is 15.2 Å². The molecule has 2 N–H and O–H groups in total. The zero-order chi connectivity index (χ0) is 20.1. The molecule has 3 rings (SSSR count). The van der Waals surface area contributed by atoms with Crippen molar-refractivity contribution in [3.63, 3.8) is 0 Å². The molecule has 1 unspecified atom stereocenters. The Bertz CT molecular complexity index is 801. The molecule has 0 spiro atoms. The number of benzene rings is 2. The van der Waals surface area contributed by atoms with Gasteiger partial charge >= 0.3 is 12.1 Å². The predicted octanol–water partition coefficient (Wildman–Crippen LogP) is 4.80. The number of hydrogen-bond acceptors (Lipinski definition) is 3. The van der Waals surface area contributed by atoms with E-state index in [2.05, 4.69) is 29.6 Å². The van der Waals surface area contributed by atoms with Gasteiger partial charge in [0.2, 0.25) is 0 Å². The van der Waals surface area contributed by atoms with Crippen molar-refractivity contribution >= 4 is 12.1 Å². The minimum atomic E-state index is -0.816. The minimum absolute atomic E-state index is 0.0302. The van der Waals surface area contributed by atoms with Gasteiger partial charge in [0.15, 0.2) is 0 Å². The Morgan fingerprint density at radius 2 is 1.61 bits per heavy atom. The van der Waals surface area contributed by atoms with Gasteiger partial charge in [-0.2, -0.15) is 0 Å². The average Bonchev–Trinajstić information content (AvgIpc) is 2.99. The number of rotatable bonds is 8. The molecule has 0 fully saturated rings. The van der Waals surface area contributed by atoms with Gasteiger partial charge in [0, 0.05) is 18.4 Å². The third kappa shape index (κ3) is 4.53. The Balaban J connectivity index is 1.62. The molecule has 5 heteroatoms. The molecule has 0 saturated carbocycles. The van der Waals surface area contributed by atoms with Crippen LogP contribution < -0.4 is 5.32 Å². The van der Waals surface area contributed by atoms with E-state index in [4.69, 9.17) is 9.84 Å². The third-order valence-electron chi connectivity index (χ3n) is 5.36. The predicted molar refractivity (Wildman–Crippen MR) is 108 cm³/mol. The van der Waals surface area contributed by atoms with Crippen LogP contribution in [-0.4, -0.2) is 29.8 Å². The molecule has 0 radical (unpaired) electrons. The van der Waals surface area contributed by atoms with E-state index in [1.807, 2.05) is 38.1 Å². The van der Waals surface area contributed by atoms with E-state index < -0.39 is 12.1 Å². The van der Waals surface area contributed by atoms with Gasteiger partial charge in [0.25, 0.3) is 0 Å². The van der Waals surface area contributed by atoms with Crippen LogP contribution >= 0.6 is 0 Å². The number of carboxylic acids is 1. The number of carboxylic acid groups (broad SMARTS) is 1. The second-order valence-electron chi connectivity index (χ2n) is 7.61. The summed E-state index contributed by atoms with van der Waals surface area (Å²) in [6.45, 7) is 4.30. The van der Waals surface area contributed by atoms with E-state index in [9.17, 15) is 9.59 Å². The second-order valence-corrected chi connectivity index (χ2v) is 7.61. The topological polar surface area (TPSA) is 75.6 Å². The Morgan fingerprint density at radius 3 is 2.14 bits per heavy atom. The monoisotopic (exact) mass is 381 g/mol. The largest absolute Gasteiger partial charge is 0.481 e. The molecule has 28 heavy (non-hydrogen) atoms. The molecule has 2 aromatic carbocycles. The summed E-state index contributed by atoms with van der Waals surface area (Å²) in [5.41, 5.74) is 4.75. The van der Waals surface area contributed by atoms with Crippen LogP contribution in [0.3, 0.4) is 0 Å². The molecule has 0 bridgehead atoms. The van der Waals surface area contributed by atoms with Crippen LogP contribution in [0.2, 0.25) is 0 Å². The number of fused-ring (bicyclic) bond motifs is 3. The Morgan fingerprint density at radius 1 is 1.04 bits per heavy atom. The highest BCUT2D eigenvalue weighted by Gasteiger charge is 2.29. The molecular formula is C23H27NO4. The van der Waals surface area contributed by atoms with E-state index in [1.165, 1.54) is 22.3 Å². The maximum Gasteiger partial charge on any atom is 0.407 e. The lowest BCUT2D eigenvalue weighted by molar-refractivity contribution is -0.137. The van der Waals surface area contributed by atoms with Crippen molar-refractivity contribution in [3.8, 4) is 11.1 Å². The summed E-state index contributed by atoms with van der Waals surface area (Å²) in [5.74, 6) is -0.583. The molecule has 2 aromatic rings. The Hall–Kier alpha value is -2.82. The average molecular weight is 381 g/mol. The highest BCUT2D eigenvalue weighted by molar-refractivity contribution is 5.79. The summed E-state index contributed by atoms with van der Waals surface area (Å²) in [4.78, 5) is 23.1. The first-order valence-corrected chi connectivity index (χ1v) is 9.80. The van der Waals surface area contributed by atoms with Crippen molar-refractivity contribution in [3.05, 3.63) is 59.7 Å². The molecule has 5 nitrogen and oxygen atoms in total. The number of ether oxygens (including phenoxy) is 1. The molecular weight excluding hydrogens is 354 g/mol. The van der Waals surface area contributed by atoms with Crippen LogP contribution in [0.1, 0.15) is 50.2 Å². The molecule has 1 aliphatic carbocycles. The first-order chi connectivity index (χ1) is 13.5. The summed E-state index contributed by atoms with van der Waals surface area (Å²) >= 11 is 0. The maximum atomic E-state index is 12.4. The number of alkyl carbamates (subject to hydrolysis) is 1. The molecule has 0 aliphatic heterocycles. The lowest BCUT2D eigenvalue weighted by Crippen LogP contribution is -2.39. The van der Waals surface area contributed by atoms with Crippen molar-refractivity contribution in [2.24, 2.45) is 5.92 Å². The maximum absolute atomic E-state index is 12.4. The van der Waals surface area contributed by atoms with Gasteiger partial charge in [-0.05, 0) is 41.0 Å². The second kappa shape index (κ2) is 8.91. The third-order valence-corrected chi connectivity index (χ3v) is 5.36. The van der Waals surface area contributed by atoms with Gasteiger partial charge in [-0.3, -0.25) is 4.79 Å². The molecule has 1 amide bonds. The van der Waals surface area contributed by atoms with Crippen LogP contribution in [0, 0.1) is 5.92 Å². The molecule has 0 aromatic heterocycles. The molecule has 148 valence electrons. The lowest BCUT2D eigenvalue weighted by Gasteiger charge is -2.22. The van der Waals surface area contributed by atoms with E-state index in [-0.39, 0.29) is 30.9 Å². The van der Waals surface area contributed by atoms with Crippen molar-refractivity contribution in [2.45, 2.75) is 45.1 Å². The molecule has 0 saturated heterocycles.